The highest BCUT2D eigenvalue weighted by molar-refractivity contribution is 6.32. The van der Waals surface area contributed by atoms with Crippen molar-refractivity contribution in [1.29, 1.82) is 0 Å². The molecule has 19 heavy (non-hydrogen) atoms. The molecule has 2 N–H and O–H groups in total. The number of amides is 1. The maximum atomic E-state index is 11.0. The average Bonchev–Trinajstić information content (AvgIpc) is 2.41. The van der Waals surface area contributed by atoms with Crippen LogP contribution >= 0.6 is 11.6 Å². The first-order valence-corrected chi connectivity index (χ1v) is 5.94. The highest BCUT2D eigenvalue weighted by atomic mass is 35.5. The fourth-order valence-electron chi connectivity index (χ4n) is 1.58. The zero-order valence-corrected chi connectivity index (χ0v) is 10.6. The van der Waals surface area contributed by atoms with Crippen LogP contribution in [0.2, 0.25) is 5.02 Å². The van der Waals surface area contributed by atoms with Gasteiger partial charge in [0, 0.05) is 11.8 Å². The molecule has 6 heteroatoms. The summed E-state index contributed by atoms with van der Waals surface area (Å²) in [7, 11) is 0. The minimum absolute atomic E-state index is 0.209. The first kappa shape index (κ1) is 13.3. The van der Waals surface area contributed by atoms with E-state index in [1.807, 2.05) is 0 Å². The van der Waals surface area contributed by atoms with E-state index in [0.717, 1.165) is 0 Å². The Labute approximate surface area is 114 Å². The summed E-state index contributed by atoms with van der Waals surface area (Å²) >= 11 is 5.93. The summed E-state index contributed by atoms with van der Waals surface area (Å²) in [5.74, 6) is 0.0534. The molecule has 0 bridgehead atoms. The maximum absolute atomic E-state index is 11.0. The number of hydrogen-bond donors (Lipinski definition) is 1. The third-order valence-corrected chi connectivity index (χ3v) is 2.88. The van der Waals surface area contributed by atoms with E-state index in [0.29, 0.717) is 24.0 Å². The van der Waals surface area contributed by atoms with Crippen LogP contribution in [0.25, 0.3) is 0 Å². The van der Waals surface area contributed by atoms with E-state index in [4.69, 9.17) is 22.1 Å². The fraction of sp³-hybridized carbons (Fsp3) is 0.154. The minimum atomic E-state index is -0.377. The van der Waals surface area contributed by atoms with Gasteiger partial charge in [0.15, 0.2) is 6.29 Å². The number of primary amides is 1. The predicted molar refractivity (Wildman–Crippen MR) is 69.8 cm³/mol. The van der Waals surface area contributed by atoms with E-state index in [-0.39, 0.29) is 22.7 Å². The number of hydrogen-bond acceptors (Lipinski definition) is 4. The van der Waals surface area contributed by atoms with Crippen LogP contribution in [0, 0.1) is 5.92 Å². The van der Waals surface area contributed by atoms with Gasteiger partial charge in [-0.15, -0.1) is 0 Å². The van der Waals surface area contributed by atoms with Crippen molar-refractivity contribution in [3.8, 4) is 5.88 Å². The van der Waals surface area contributed by atoms with Crippen molar-refractivity contribution in [3.63, 3.8) is 0 Å². The van der Waals surface area contributed by atoms with E-state index in [2.05, 4.69) is 4.98 Å². The van der Waals surface area contributed by atoms with Crippen molar-refractivity contribution >= 4 is 23.8 Å². The van der Waals surface area contributed by atoms with Gasteiger partial charge in [0.1, 0.15) is 10.8 Å². The van der Waals surface area contributed by atoms with Crippen LogP contribution in [-0.4, -0.2) is 17.2 Å². The normalized spacial score (nSPS) is 17.7. The average molecular weight is 279 g/mol. The second-order valence-electron chi connectivity index (χ2n) is 3.99. The molecule has 1 aliphatic carbocycles. The highest BCUT2D eigenvalue weighted by Crippen LogP contribution is 2.26. The van der Waals surface area contributed by atoms with Crippen molar-refractivity contribution in [2.45, 2.75) is 6.42 Å². The van der Waals surface area contributed by atoms with E-state index < -0.39 is 0 Å². The standard InChI is InChI=1S/C13H11ClN2O3/c14-11-5-8(7-17)6-16-13(11)19-10-3-1-9(2-4-10)12(15)18/h1,3-7,9H,2H2,(H2,15,18). The van der Waals surface area contributed by atoms with E-state index >= 15 is 0 Å². The number of nitrogens with zero attached hydrogens (tertiary/aromatic N) is 1. The Balaban J connectivity index is 2.09. The number of nitrogens with two attached hydrogens (primary N) is 1. The smallest absolute Gasteiger partial charge is 0.238 e. The molecule has 0 aromatic carbocycles. The number of allylic oxidation sites excluding steroid dienone is 2. The molecule has 1 unspecified atom stereocenters. The number of carbonyl (C=O) groups is 2. The topological polar surface area (TPSA) is 82.3 Å². The van der Waals surface area contributed by atoms with Gasteiger partial charge in [0.05, 0.1) is 5.92 Å². The van der Waals surface area contributed by atoms with Crippen LogP contribution in [0.3, 0.4) is 0 Å². The molecule has 0 aliphatic heterocycles. The molecule has 0 spiro atoms. The quantitative estimate of drug-likeness (QED) is 0.853. The van der Waals surface area contributed by atoms with E-state index in [1.54, 1.807) is 18.2 Å². The highest BCUT2D eigenvalue weighted by Gasteiger charge is 2.15. The van der Waals surface area contributed by atoms with Crippen LogP contribution in [0.1, 0.15) is 16.8 Å². The van der Waals surface area contributed by atoms with Crippen molar-refractivity contribution in [1.82, 2.24) is 4.98 Å². The summed E-state index contributed by atoms with van der Waals surface area (Å²) in [6, 6.07) is 1.47. The summed E-state index contributed by atoms with van der Waals surface area (Å²) in [5, 5.41) is 0.246. The summed E-state index contributed by atoms with van der Waals surface area (Å²) in [6.07, 6.45) is 7.55. The number of rotatable bonds is 4. The molecule has 2 rings (SSSR count). The lowest BCUT2D eigenvalue weighted by Gasteiger charge is -2.14. The Morgan fingerprint density at radius 3 is 2.89 bits per heavy atom. The molecule has 0 radical (unpaired) electrons. The summed E-state index contributed by atoms with van der Waals surface area (Å²) in [6.45, 7) is 0. The second-order valence-corrected chi connectivity index (χ2v) is 4.39. The molecule has 98 valence electrons. The summed E-state index contributed by atoms with van der Waals surface area (Å²) in [5.41, 5.74) is 5.57. The van der Waals surface area contributed by atoms with Gasteiger partial charge >= 0.3 is 0 Å². The number of aldehydes is 1. The van der Waals surface area contributed by atoms with Gasteiger partial charge in [0.2, 0.25) is 11.8 Å². The number of halogens is 1. The van der Waals surface area contributed by atoms with Gasteiger partial charge in [0.25, 0.3) is 0 Å². The Morgan fingerprint density at radius 1 is 1.58 bits per heavy atom. The van der Waals surface area contributed by atoms with Crippen LogP contribution in [0.4, 0.5) is 0 Å². The first-order chi connectivity index (χ1) is 9.10. The monoisotopic (exact) mass is 278 g/mol. The molecule has 1 amide bonds. The molecule has 1 aromatic heterocycles. The summed E-state index contributed by atoms with van der Waals surface area (Å²) in [4.78, 5) is 25.5. The van der Waals surface area contributed by atoms with Crippen LogP contribution < -0.4 is 10.5 Å². The van der Waals surface area contributed by atoms with Gasteiger partial charge in [-0.05, 0) is 24.6 Å². The Morgan fingerprint density at radius 2 is 2.37 bits per heavy atom. The van der Waals surface area contributed by atoms with Crippen molar-refractivity contribution in [2.75, 3.05) is 0 Å². The summed E-state index contributed by atoms with van der Waals surface area (Å²) < 4.78 is 5.48. The van der Waals surface area contributed by atoms with Gasteiger partial charge in [-0.25, -0.2) is 4.98 Å². The van der Waals surface area contributed by atoms with Gasteiger partial charge in [-0.1, -0.05) is 17.7 Å². The lowest BCUT2D eigenvalue weighted by atomic mass is 10.00. The molecular weight excluding hydrogens is 268 g/mol. The Bertz CT molecular complexity index is 581. The number of carbonyl (C=O) groups excluding carboxylic acids is 2. The lowest BCUT2D eigenvalue weighted by molar-refractivity contribution is -0.120. The third kappa shape index (κ3) is 3.20. The molecule has 1 aromatic rings. The maximum Gasteiger partial charge on any atom is 0.238 e. The van der Waals surface area contributed by atoms with Crippen LogP contribution in [0.15, 0.2) is 36.3 Å². The predicted octanol–water partition coefficient (Wildman–Crippen LogP) is 1.87. The molecule has 1 heterocycles. The molecule has 1 atom stereocenters. The zero-order valence-electron chi connectivity index (χ0n) is 9.88. The Hall–Kier alpha value is -2.14. The lowest BCUT2D eigenvalue weighted by Crippen LogP contribution is -2.22. The van der Waals surface area contributed by atoms with Crippen LogP contribution in [0.5, 0.6) is 5.88 Å². The minimum Gasteiger partial charge on any atom is -0.438 e. The third-order valence-electron chi connectivity index (χ3n) is 2.61. The van der Waals surface area contributed by atoms with Crippen molar-refractivity contribution in [2.24, 2.45) is 11.7 Å². The second kappa shape index (κ2) is 5.67. The van der Waals surface area contributed by atoms with E-state index in [1.165, 1.54) is 12.3 Å². The number of aromatic nitrogens is 1. The first-order valence-electron chi connectivity index (χ1n) is 5.56. The van der Waals surface area contributed by atoms with Crippen LogP contribution in [-0.2, 0) is 4.79 Å². The van der Waals surface area contributed by atoms with Crippen molar-refractivity contribution in [3.05, 3.63) is 46.8 Å². The zero-order chi connectivity index (χ0) is 13.8. The van der Waals surface area contributed by atoms with Gasteiger partial charge < -0.3 is 10.5 Å². The van der Waals surface area contributed by atoms with Crippen molar-refractivity contribution < 1.29 is 14.3 Å². The number of ether oxygens (including phenoxy) is 1. The Kier molecular flexibility index (Phi) is 3.97. The molecule has 0 fully saturated rings. The largest absolute Gasteiger partial charge is 0.438 e. The molecule has 0 saturated carbocycles. The molecule has 5 nitrogen and oxygen atoms in total. The molecule has 1 aliphatic rings. The fourth-order valence-corrected chi connectivity index (χ4v) is 1.79. The SMILES string of the molecule is NC(=O)C1C=CC(Oc2ncc(C=O)cc2Cl)=CC1. The molecule has 0 saturated heterocycles. The molecular formula is C13H11ClN2O3. The number of pyridine rings is 1. The van der Waals surface area contributed by atoms with E-state index in [9.17, 15) is 9.59 Å². The van der Waals surface area contributed by atoms with Gasteiger partial charge in [-0.3, -0.25) is 9.59 Å². The van der Waals surface area contributed by atoms with Gasteiger partial charge in [-0.2, -0.15) is 0 Å².